The third-order valence-corrected chi connectivity index (χ3v) is 9.50. The first-order chi connectivity index (χ1) is 20.7. The van der Waals surface area contributed by atoms with Crippen LogP contribution in [0.3, 0.4) is 0 Å². The lowest BCUT2D eigenvalue weighted by atomic mass is 9.88. The molecule has 4 heteroatoms. The van der Waals surface area contributed by atoms with Crippen LogP contribution in [0.5, 0.6) is 0 Å². The summed E-state index contributed by atoms with van der Waals surface area (Å²) in [7, 11) is 0. The third kappa shape index (κ3) is 5.87. The zero-order chi connectivity index (χ0) is 28.9. The van der Waals surface area contributed by atoms with Crippen molar-refractivity contribution in [3.05, 3.63) is 132 Å². The fourth-order valence-electron chi connectivity index (χ4n) is 7.36. The van der Waals surface area contributed by atoms with Crippen molar-refractivity contribution in [3.63, 3.8) is 0 Å². The first-order valence-electron chi connectivity index (χ1n) is 15.8. The smallest absolute Gasteiger partial charge is 0.253 e. The van der Waals surface area contributed by atoms with Crippen LogP contribution in [0.15, 0.2) is 115 Å². The summed E-state index contributed by atoms with van der Waals surface area (Å²) in [5.74, 6) is 0.476. The van der Waals surface area contributed by atoms with Gasteiger partial charge in [0.15, 0.2) is 0 Å². The van der Waals surface area contributed by atoms with Gasteiger partial charge in [0.05, 0.1) is 0 Å². The van der Waals surface area contributed by atoms with Crippen molar-refractivity contribution in [2.75, 3.05) is 24.5 Å². The molecule has 42 heavy (non-hydrogen) atoms. The molecule has 2 saturated heterocycles. The molecular weight excluding hydrogens is 514 g/mol. The normalized spacial score (nSPS) is 20.0. The van der Waals surface area contributed by atoms with Gasteiger partial charge in [-0.3, -0.25) is 9.69 Å². The van der Waals surface area contributed by atoms with E-state index in [0.29, 0.717) is 24.0 Å². The standard InChI is InChI=1S/C38H43N3O/c1-3-39(4-2)38(42)31-20-22-33(23-21-31)41(32-18-12-7-13-19-32)36-26-34-24-25-35(27-36)40(34)28-37(29-14-8-5-9-15-29)30-16-10-6-11-17-30/h5-23,34-37H,3-4,24-28H2,1-2H3. The van der Waals surface area contributed by atoms with E-state index >= 15 is 0 Å². The number of benzene rings is 4. The summed E-state index contributed by atoms with van der Waals surface area (Å²) in [6.07, 6.45) is 4.80. The molecule has 0 spiro atoms. The Morgan fingerprint density at radius 3 is 1.67 bits per heavy atom. The van der Waals surface area contributed by atoms with Crippen LogP contribution < -0.4 is 4.90 Å². The number of rotatable bonds is 10. The second kappa shape index (κ2) is 13.0. The minimum Gasteiger partial charge on any atom is -0.339 e. The fraction of sp³-hybridized carbons (Fsp3) is 0.342. The lowest BCUT2D eigenvalue weighted by Gasteiger charge is -2.45. The molecule has 0 aromatic heterocycles. The minimum absolute atomic E-state index is 0.107. The maximum absolute atomic E-state index is 13.0. The lowest BCUT2D eigenvalue weighted by molar-refractivity contribution is 0.0773. The molecule has 4 aromatic carbocycles. The van der Waals surface area contributed by atoms with Crippen LogP contribution in [0.25, 0.3) is 0 Å². The maximum atomic E-state index is 13.0. The topological polar surface area (TPSA) is 26.8 Å². The van der Waals surface area contributed by atoms with Gasteiger partial charge >= 0.3 is 0 Å². The SMILES string of the molecule is CCN(CC)C(=O)c1ccc(N(c2ccccc2)C2CC3CCC(C2)N3CC(c2ccccc2)c2ccccc2)cc1. The van der Waals surface area contributed by atoms with E-state index in [4.69, 9.17) is 0 Å². The number of carbonyl (C=O) groups excluding carboxylic acids is 1. The lowest BCUT2D eigenvalue weighted by Crippen LogP contribution is -2.50. The van der Waals surface area contributed by atoms with Gasteiger partial charge in [0, 0.05) is 60.6 Å². The van der Waals surface area contributed by atoms with Crippen LogP contribution in [-0.2, 0) is 0 Å². The Hall–Kier alpha value is -3.89. The summed E-state index contributed by atoms with van der Waals surface area (Å²) in [4.78, 5) is 20.2. The molecule has 2 bridgehead atoms. The highest BCUT2D eigenvalue weighted by molar-refractivity contribution is 5.94. The summed E-state index contributed by atoms with van der Waals surface area (Å²) in [6.45, 7) is 6.59. The number of hydrogen-bond acceptors (Lipinski definition) is 3. The molecule has 216 valence electrons. The van der Waals surface area contributed by atoms with Crippen LogP contribution in [0, 0.1) is 0 Å². The van der Waals surface area contributed by atoms with E-state index in [0.717, 1.165) is 38.0 Å². The predicted octanol–water partition coefficient (Wildman–Crippen LogP) is 8.13. The van der Waals surface area contributed by atoms with Crippen LogP contribution >= 0.6 is 0 Å². The number of piperidine rings is 1. The molecule has 2 unspecified atom stereocenters. The second-order valence-electron chi connectivity index (χ2n) is 11.8. The van der Waals surface area contributed by atoms with E-state index in [1.165, 1.54) is 35.3 Å². The van der Waals surface area contributed by atoms with E-state index < -0.39 is 0 Å². The summed E-state index contributed by atoms with van der Waals surface area (Å²) in [5, 5.41) is 0. The van der Waals surface area contributed by atoms with Crippen LogP contribution in [0.4, 0.5) is 11.4 Å². The number of anilines is 2. The molecule has 4 nitrogen and oxygen atoms in total. The number of para-hydroxylation sites is 1. The van der Waals surface area contributed by atoms with Crippen molar-refractivity contribution in [3.8, 4) is 0 Å². The van der Waals surface area contributed by atoms with Gasteiger partial charge in [-0.05, 0) is 87.1 Å². The van der Waals surface area contributed by atoms with Gasteiger partial charge in [0.2, 0.25) is 0 Å². The van der Waals surface area contributed by atoms with Gasteiger partial charge in [-0.1, -0.05) is 78.9 Å². The van der Waals surface area contributed by atoms with Crippen molar-refractivity contribution < 1.29 is 4.79 Å². The number of fused-ring (bicyclic) bond motifs is 2. The van der Waals surface area contributed by atoms with Gasteiger partial charge in [0.1, 0.15) is 0 Å². The number of nitrogens with zero attached hydrogens (tertiary/aromatic N) is 3. The molecule has 6 rings (SSSR count). The van der Waals surface area contributed by atoms with Crippen molar-refractivity contribution in [2.24, 2.45) is 0 Å². The third-order valence-electron chi connectivity index (χ3n) is 9.50. The Labute approximate surface area is 251 Å². The Bertz CT molecular complexity index is 1370. The minimum atomic E-state index is 0.107. The molecule has 2 aliphatic rings. The van der Waals surface area contributed by atoms with Gasteiger partial charge in [0.25, 0.3) is 5.91 Å². The molecule has 1 amide bonds. The van der Waals surface area contributed by atoms with Crippen molar-refractivity contribution in [2.45, 2.75) is 63.6 Å². The van der Waals surface area contributed by atoms with Crippen molar-refractivity contribution >= 4 is 17.3 Å². The number of amides is 1. The Morgan fingerprint density at radius 2 is 1.17 bits per heavy atom. The molecule has 0 radical (unpaired) electrons. The molecule has 2 atom stereocenters. The van der Waals surface area contributed by atoms with Gasteiger partial charge in [-0.15, -0.1) is 0 Å². The van der Waals surface area contributed by atoms with Gasteiger partial charge < -0.3 is 9.80 Å². The average molecular weight is 558 g/mol. The largest absolute Gasteiger partial charge is 0.339 e. The summed E-state index contributed by atoms with van der Waals surface area (Å²) in [6, 6.07) is 42.8. The van der Waals surface area contributed by atoms with Gasteiger partial charge in [-0.25, -0.2) is 0 Å². The number of carbonyl (C=O) groups is 1. The molecule has 4 aromatic rings. The molecule has 2 fully saturated rings. The first kappa shape index (κ1) is 28.2. The monoisotopic (exact) mass is 557 g/mol. The average Bonchev–Trinajstić information content (AvgIpc) is 3.28. The highest BCUT2D eigenvalue weighted by Gasteiger charge is 2.43. The summed E-state index contributed by atoms with van der Waals surface area (Å²) >= 11 is 0. The van der Waals surface area contributed by atoms with Gasteiger partial charge in [-0.2, -0.15) is 0 Å². The van der Waals surface area contributed by atoms with E-state index in [1.54, 1.807) is 0 Å². The summed E-state index contributed by atoms with van der Waals surface area (Å²) < 4.78 is 0. The van der Waals surface area contributed by atoms with Crippen molar-refractivity contribution in [1.82, 2.24) is 9.80 Å². The predicted molar refractivity (Wildman–Crippen MR) is 174 cm³/mol. The Morgan fingerprint density at radius 1 is 0.690 bits per heavy atom. The van der Waals surface area contributed by atoms with Crippen LogP contribution in [0.1, 0.15) is 66.9 Å². The van der Waals surface area contributed by atoms with E-state index in [1.807, 2.05) is 30.9 Å². The van der Waals surface area contributed by atoms with E-state index in [-0.39, 0.29) is 5.91 Å². The molecule has 0 saturated carbocycles. The molecule has 2 heterocycles. The fourth-order valence-corrected chi connectivity index (χ4v) is 7.36. The highest BCUT2D eigenvalue weighted by atomic mass is 16.2. The van der Waals surface area contributed by atoms with Crippen LogP contribution in [-0.4, -0.2) is 53.5 Å². The maximum Gasteiger partial charge on any atom is 0.253 e. The molecule has 2 aliphatic heterocycles. The van der Waals surface area contributed by atoms with E-state index in [2.05, 4.69) is 113 Å². The molecule has 0 aliphatic carbocycles. The van der Waals surface area contributed by atoms with Crippen molar-refractivity contribution in [1.29, 1.82) is 0 Å². The highest BCUT2D eigenvalue weighted by Crippen LogP contribution is 2.43. The number of hydrogen-bond donors (Lipinski definition) is 0. The molecular formula is C38H43N3O. The molecule has 0 N–H and O–H groups in total. The van der Waals surface area contributed by atoms with E-state index in [9.17, 15) is 4.79 Å². The zero-order valence-electron chi connectivity index (χ0n) is 25.0. The second-order valence-corrected chi connectivity index (χ2v) is 11.8. The summed E-state index contributed by atoms with van der Waals surface area (Å²) in [5.41, 5.74) is 5.95. The zero-order valence-corrected chi connectivity index (χ0v) is 25.0. The quantitative estimate of drug-likeness (QED) is 0.197. The first-order valence-corrected chi connectivity index (χ1v) is 15.8. The Balaban J connectivity index is 1.25. The Kier molecular flexibility index (Phi) is 8.71. The van der Waals surface area contributed by atoms with Crippen LogP contribution in [0.2, 0.25) is 0 Å².